The maximum Gasteiger partial charge on any atom is 0.320 e. The minimum Gasteiger partial charge on any atom is -0.465 e. The average molecular weight is 315 g/mol. The van der Waals surface area contributed by atoms with Crippen molar-refractivity contribution in [2.45, 2.75) is 26.8 Å². The number of carbonyl (C=O) groups is 1. The summed E-state index contributed by atoms with van der Waals surface area (Å²) >= 11 is 3.35. The van der Waals surface area contributed by atoms with E-state index in [1.165, 1.54) is 0 Å². The first kappa shape index (κ1) is 15.1. The highest BCUT2D eigenvalue weighted by Crippen LogP contribution is 2.09. The molecule has 100 valence electrons. The van der Waals surface area contributed by atoms with Crippen LogP contribution in [0, 0.1) is 0 Å². The Labute approximate surface area is 116 Å². The fraction of sp³-hybridized carbons (Fsp3) is 0.538. The highest BCUT2D eigenvalue weighted by molar-refractivity contribution is 9.10. The van der Waals surface area contributed by atoms with Crippen LogP contribution in [0.15, 0.2) is 22.8 Å². The summed E-state index contributed by atoms with van der Waals surface area (Å²) in [6.45, 7) is 6.18. The van der Waals surface area contributed by atoms with E-state index in [1.54, 1.807) is 6.20 Å². The van der Waals surface area contributed by atoms with Gasteiger partial charge in [0.1, 0.15) is 0 Å². The predicted octanol–water partition coefficient (Wildman–Crippen LogP) is 2.62. The van der Waals surface area contributed by atoms with E-state index in [-0.39, 0.29) is 5.97 Å². The Balaban J connectivity index is 2.56. The molecule has 1 aromatic rings. The van der Waals surface area contributed by atoms with Gasteiger partial charge in [-0.25, -0.2) is 0 Å². The molecule has 0 bridgehead atoms. The zero-order valence-electron chi connectivity index (χ0n) is 10.9. The summed E-state index contributed by atoms with van der Waals surface area (Å²) in [6.07, 6.45) is 2.76. The highest BCUT2D eigenvalue weighted by atomic mass is 79.9. The molecule has 0 amide bonds. The number of nitrogens with zero attached hydrogens (tertiary/aromatic N) is 2. The number of carbonyl (C=O) groups excluding carboxylic acids is 1. The van der Waals surface area contributed by atoms with Crippen LogP contribution in [0.1, 0.15) is 26.0 Å². The molecule has 0 aliphatic carbocycles. The number of esters is 1. The third-order valence-corrected chi connectivity index (χ3v) is 2.84. The van der Waals surface area contributed by atoms with Gasteiger partial charge < -0.3 is 4.74 Å². The lowest BCUT2D eigenvalue weighted by Gasteiger charge is -2.20. The van der Waals surface area contributed by atoms with Gasteiger partial charge in [-0.1, -0.05) is 6.92 Å². The maximum atomic E-state index is 11.5. The van der Waals surface area contributed by atoms with Crippen molar-refractivity contribution in [3.8, 4) is 0 Å². The Bertz CT molecular complexity index is 368. The fourth-order valence-corrected chi connectivity index (χ4v) is 1.88. The van der Waals surface area contributed by atoms with Crippen LogP contribution in [0.2, 0.25) is 0 Å². The van der Waals surface area contributed by atoms with Crippen molar-refractivity contribution < 1.29 is 9.53 Å². The van der Waals surface area contributed by atoms with Crippen molar-refractivity contribution in [3.05, 3.63) is 28.5 Å². The van der Waals surface area contributed by atoms with Crippen LogP contribution in [0.5, 0.6) is 0 Å². The molecule has 5 heteroatoms. The van der Waals surface area contributed by atoms with Crippen molar-refractivity contribution >= 4 is 21.9 Å². The molecule has 0 aliphatic heterocycles. The summed E-state index contributed by atoms with van der Waals surface area (Å²) in [7, 11) is 0. The summed E-state index contributed by atoms with van der Waals surface area (Å²) in [5.41, 5.74) is 0.955. The zero-order chi connectivity index (χ0) is 13.4. The normalized spacial score (nSPS) is 10.7. The van der Waals surface area contributed by atoms with Gasteiger partial charge in [0, 0.05) is 17.2 Å². The van der Waals surface area contributed by atoms with E-state index in [9.17, 15) is 4.79 Å². The summed E-state index contributed by atoms with van der Waals surface area (Å²) in [5.74, 6) is -0.178. The first-order chi connectivity index (χ1) is 8.65. The average Bonchev–Trinajstić information content (AvgIpc) is 2.32. The molecular formula is C13H19BrN2O2. The summed E-state index contributed by atoms with van der Waals surface area (Å²) in [4.78, 5) is 17.8. The van der Waals surface area contributed by atoms with Crippen LogP contribution < -0.4 is 0 Å². The Morgan fingerprint density at radius 2 is 2.22 bits per heavy atom. The van der Waals surface area contributed by atoms with E-state index in [0.717, 1.165) is 23.1 Å². The quantitative estimate of drug-likeness (QED) is 0.726. The number of halogens is 1. The topological polar surface area (TPSA) is 42.4 Å². The molecule has 1 aromatic heterocycles. The smallest absolute Gasteiger partial charge is 0.320 e. The number of rotatable bonds is 7. The van der Waals surface area contributed by atoms with E-state index < -0.39 is 0 Å². The second-order valence-electron chi connectivity index (χ2n) is 3.98. The molecule has 1 rings (SSSR count). The van der Waals surface area contributed by atoms with Crippen molar-refractivity contribution in [1.29, 1.82) is 0 Å². The van der Waals surface area contributed by atoms with Gasteiger partial charge in [-0.2, -0.15) is 0 Å². The second-order valence-corrected chi connectivity index (χ2v) is 4.90. The Hall–Kier alpha value is -0.940. The Morgan fingerprint density at radius 1 is 1.44 bits per heavy atom. The standard InChI is InChI=1S/C13H19BrN2O2/c1-3-7-16(10-13(17)18-4-2)9-12-6-5-11(14)8-15-12/h5-6,8H,3-4,7,9-10H2,1-2H3. The van der Waals surface area contributed by atoms with Crippen molar-refractivity contribution in [2.75, 3.05) is 19.7 Å². The van der Waals surface area contributed by atoms with Gasteiger partial charge in [-0.05, 0) is 48.0 Å². The number of hydrogen-bond donors (Lipinski definition) is 0. The van der Waals surface area contributed by atoms with Gasteiger partial charge in [0.25, 0.3) is 0 Å². The summed E-state index contributed by atoms with van der Waals surface area (Å²) in [6, 6.07) is 3.91. The molecule has 1 heterocycles. The SMILES string of the molecule is CCCN(CC(=O)OCC)Cc1ccc(Br)cn1. The van der Waals surface area contributed by atoms with Crippen LogP contribution in [0.3, 0.4) is 0 Å². The van der Waals surface area contributed by atoms with Crippen molar-refractivity contribution in [3.63, 3.8) is 0 Å². The fourth-order valence-electron chi connectivity index (χ4n) is 1.65. The molecule has 0 saturated carbocycles. The maximum absolute atomic E-state index is 11.5. The van der Waals surface area contributed by atoms with Crippen LogP contribution in [-0.2, 0) is 16.1 Å². The molecule has 0 radical (unpaired) electrons. The Kier molecular flexibility index (Phi) is 6.90. The van der Waals surface area contributed by atoms with E-state index in [4.69, 9.17) is 4.74 Å². The first-order valence-electron chi connectivity index (χ1n) is 6.14. The second kappa shape index (κ2) is 8.21. The molecule has 0 aromatic carbocycles. The monoisotopic (exact) mass is 314 g/mol. The number of aromatic nitrogens is 1. The molecule has 4 nitrogen and oxygen atoms in total. The van der Waals surface area contributed by atoms with E-state index in [2.05, 4.69) is 27.8 Å². The Morgan fingerprint density at radius 3 is 2.78 bits per heavy atom. The lowest BCUT2D eigenvalue weighted by atomic mass is 10.3. The molecular weight excluding hydrogens is 296 g/mol. The van der Waals surface area contributed by atoms with Crippen LogP contribution in [0.25, 0.3) is 0 Å². The zero-order valence-corrected chi connectivity index (χ0v) is 12.4. The first-order valence-corrected chi connectivity index (χ1v) is 6.93. The minimum atomic E-state index is -0.178. The van der Waals surface area contributed by atoms with Crippen molar-refractivity contribution in [2.24, 2.45) is 0 Å². The predicted molar refractivity (Wildman–Crippen MR) is 74.1 cm³/mol. The summed E-state index contributed by atoms with van der Waals surface area (Å²) < 4.78 is 5.92. The third-order valence-electron chi connectivity index (χ3n) is 2.37. The minimum absolute atomic E-state index is 0.178. The van der Waals surface area contributed by atoms with Crippen LogP contribution >= 0.6 is 15.9 Å². The van der Waals surface area contributed by atoms with Gasteiger partial charge in [-0.3, -0.25) is 14.7 Å². The van der Waals surface area contributed by atoms with Crippen LogP contribution in [-0.4, -0.2) is 35.5 Å². The van der Waals surface area contributed by atoms with E-state index >= 15 is 0 Å². The summed E-state index contributed by atoms with van der Waals surface area (Å²) in [5, 5.41) is 0. The van der Waals surface area contributed by atoms with E-state index in [0.29, 0.717) is 19.7 Å². The molecule has 0 N–H and O–H groups in total. The highest BCUT2D eigenvalue weighted by Gasteiger charge is 2.11. The number of ether oxygens (including phenoxy) is 1. The molecule has 0 atom stereocenters. The van der Waals surface area contributed by atoms with Gasteiger partial charge in [0.2, 0.25) is 0 Å². The molecule has 18 heavy (non-hydrogen) atoms. The molecule has 0 saturated heterocycles. The van der Waals surface area contributed by atoms with Gasteiger partial charge in [0.05, 0.1) is 18.8 Å². The number of pyridine rings is 1. The molecule has 0 unspecified atom stereocenters. The van der Waals surface area contributed by atoms with Crippen molar-refractivity contribution in [1.82, 2.24) is 9.88 Å². The lowest BCUT2D eigenvalue weighted by molar-refractivity contribution is -0.144. The van der Waals surface area contributed by atoms with Gasteiger partial charge in [-0.15, -0.1) is 0 Å². The third kappa shape index (κ3) is 5.60. The lowest BCUT2D eigenvalue weighted by Crippen LogP contribution is -2.31. The largest absolute Gasteiger partial charge is 0.465 e. The number of hydrogen-bond acceptors (Lipinski definition) is 4. The van der Waals surface area contributed by atoms with E-state index in [1.807, 2.05) is 24.0 Å². The van der Waals surface area contributed by atoms with Gasteiger partial charge >= 0.3 is 5.97 Å². The molecule has 0 spiro atoms. The molecule has 0 aliphatic rings. The molecule has 0 fully saturated rings. The van der Waals surface area contributed by atoms with Gasteiger partial charge in [0.15, 0.2) is 0 Å². The van der Waals surface area contributed by atoms with Crippen LogP contribution in [0.4, 0.5) is 0 Å².